The molecule has 1 atom stereocenters. The third-order valence-electron chi connectivity index (χ3n) is 4.75. The van der Waals surface area contributed by atoms with Gasteiger partial charge in [0.25, 0.3) is 0 Å². The molecule has 2 heteroatoms. The molecule has 1 N–H and O–H groups in total. The van der Waals surface area contributed by atoms with Crippen LogP contribution in [0.2, 0.25) is 0 Å². The molecule has 0 spiro atoms. The summed E-state index contributed by atoms with van der Waals surface area (Å²) >= 11 is 2.03. The molecule has 2 aromatic carbocycles. The van der Waals surface area contributed by atoms with E-state index in [1.165, 1.54) is 22.6 Å². The number of rotatable bonds is 3. The maximum Gasteiger partial charge on any atom is 0.0208 e. The first-order valence-corrected chi connectivity index (χ1v) is 8.34. The highest BCUT2D eigenvalue weighted by Gasteiger charge is 2.41. The van der Waals surface area contributed by atoms with Gasteiger partial charge in [-0.25, -0.2) is 0 Å². The van der Waals surface area contributed by atoms with Crippen molar-refractivity contribution in [2.75, 3.05) is 18.8 Å². The van der Waals surface area contributed by atoms with Crippen molar-refractivity contribution in [2.45, 2.75) is 22.6 Å². The Bertz CT molecular complexity index is 604. The van der Waals surface area contributed by atoms with Crippen LogP contribution in [0.25, 0.3) is 0 Å². The molecule has 2 heterocycles. The molecule has 1 nitrogen and oxygen atoms in total. The number of hydrogen-bond acceptors (Lipinski definition) is 2. The van der Waals surface area contributed by atoms with E-state index in [1.54, 1.807) is 5.56 Å². The van der Waals surface area contributed by atoms with Gasteiger partial charge in [0.2, 0.25) is 0 Å². The summed E-state index contributed by atoms with van der Waals surface area (Å²) in [6.07, 6.45) is 1.27. The Kier molecular flexibility index (Phi) is 3.08. The van der Waals surface area contributed by atoms with Crippen LogP contribution in [0.5, 0.6) is 0 Å². The van der Waals surface area contributed by atoms with Gasteiger partial charge in [-0.2, -0.15) is 0 Å². The third-order valence-corrected chi connectivity index (χ3v) is 6.00. The second-order valence-electron chi connectivity index (χ2n) is 6.00. The molecule has 20 heavy (non-hydrogen) atoms. The molecule has 0 bridgehead atoms. The number of nitrogens with one attached hydrogen (secondary N) is 1. The second-order valence-corrected chi connectivity index (χ2v) is 7.06. The Hall–Kier alpha value is -1.25. The maximum atomic E-state index is 3.49. The lowest BCUT2D eigenvalue weighted by atomic mass is 9.69. The lowest BCUT2D eigenvalue weighted by Crippen LogP contribution is -2.57. The van der Waals surface area contributed by atoms with Crippen LogP contribution in [0.15, 0.2) is 59.5 Å². The molecule has 2 aromatic rings. The molecule has 1 fully saturated rings. The van der Waals surface area contributed by atoms with Gasteiger partial charge in [0.1, 0.15) is 0 Å². The van der Waals surface area contributed by atoms with Crippen molar-refractivity contribution in [3.8, 4) is 0 Å². The maximum absolute atomic E-state index is 3.49. The standard InChI is InChI=1S/C18H19NS/c1-2-6-15(7-3-1)18(12-19-13-18)10-14-11-20-17-9-5-4-8-16(14)17/h1-9,14,19H,10-13H2. The van der Waals surface area contributed by atoms with Gasteiger partial charge in [-0.1, -0.05) is 48.5 Å². The van der Waals surface area contributed by atoms with Crippen molar-refractivity contribution in [3.05, 3.63) is 65.7 Å². The molecular formula is C18H19NS. The Morgan fingerprint density at radius 1 is 1.00 bits per heavy atom. The average Bonchev–Trinajstić information content (AvgIpc) is 2.87. The smallest absolute Gasteiger partial charge is 0.0208 e. The topological polar surface area (TPSA) is 12.0 Å². The summed E-state index contributed by atoms with van der Waals surface area (Å²) in [4.78, 5) is 1.49. The average molecular weight is 281 g/mol. The van der Waals surface area contributed by atoms with Gasteiger partial charge in [0.05, 0.1) is 0 Å². The van der Waals surface area contributed by atoms with E-state index in [1.807, 2.05) is 11.8 Å². The molecule has 4 rings (SSSR count). The van der Waals surface area contributed by atoms with Crippen molar-refractivity contribution in [2.24, 2.45) is 0 Å². The summed E-state index contributed by atoms with van der Waals surface area (Å²) in [5.74, 6) is 1.95. The predicted octanol–water partition coefficient (Wildman–Crippen LogP) is 3.81. The van der Waals surface area contributed by atoms with Crippen LogP contribution >= 0.6 is 11.8 Å². The molecule has 102 valence electrons. The van der Waals surface area contributed by atoms with E-state index in [4.69, 9.17) is 0 Å². The van der Waals surface area contributed by atoms with Crippen LogP contribution in [0.1, 0.15) is 23.5 Å². The van der Waals surface area contributed by atoms with Crippen molar-refractivity contribution in [1.82, 2.24) is 5.32 Å². The van der Waals surface area contributed by atoms with Gasteiger partial charge < -0.3 is 5.32 Å². The van der Waals surface area contributed by atoms with E-state index in [0.29, 0.717) is 11.3 Å². The van der Waals surface area contributed by atoms with Crippen molar-refractivity contribution < 1.29 is 0 Å². The zero-order chi connectivity index (χ0) is 13.4. The van der Waals surface area contributed by atoms with Crippen molar-refractivity contribution in [1.29, 1.82) is 0 Å². The SMILES string of the molecule is c1ccc(C2(CC3CSc4ccccc43)CNC2)cc1. The first-order valence-electron chi connectivity index (χ1n) is 7.35. The number of fused-ring (bicyclic) bond motifs is 1. The van der Waals surface area contributed by atoms with Gasteiger partial charge in [-0.3, -0.25) is 0 Å². The zero-order valence-corrected chi connectivity index (χ0v) is 12.3. The molecule has 2 aliphatic rings. The quantitative estimate of drug-likeness (QED) is 0.918. The molecule has 0 amide bonds. The van der Waals surface area contributed by atoms with E-state index in [2.05, 4.69) is 59.9 Å². The van der Waals surface area contributed by atoms with E-state index < -0.39 is 0 Å². The monoisotopic (exact) mass is 281 g/mol. The van der Waals surface area contributed by atoms with E-state index >= 15 is 0 Å². The largest absolute Gasteiger partial charge is 0.315 e. The van der Waals surface area contributed by atoms with Gasteiger partial charge in [-0.05, 0) is 29.5 Å². The normalized spacial score (nSPS) is 23.1. The van der Waals surface area contributed by atoms with Gasteiger partial charge >= 0.3 is 0 Å². The van der Waals surface area contributed by atoms with Crippen molar-refractivity contribution in [3.63, 3.8) is 0 Å². The van der Waals surface area contributed by atoms with Crippen LogP contribution in [0.4, 0.5) is 0 Å². The lowest BCUT2D eigenvalue weighted by Gasteiger charge is -2.45. The summed E-state index contributed by atoms with van der Waals surface area (Å²) in [6, 6.07) is 20.0. The molecule has 0 aromatic heterocycles. The Labute approximate surface area is 124 Å². The van der Waals surface area contributed by atoms with E-state index in [-0.39, 0.29) is 0 Å². The van der Waals surface area contributed by atoms with Crippen LogP contribution in [0, 0.1) is 0 Å². The third kappa shape index (κ3) is 1.99. The van der Waals surface area contributed by atoms with Crippen LogP contribution in [-0.2, 0) is 5.41 Å². The molecular weight excluding hydrogens is 262 g/mol. The molecule has 1 saturated heterocycles. The van der Waals surface area contributed by atoms with Gasteiger partial charge in [-0.15, -0.1) is 11.8 Å². The fraction of sp³-hybridized carbons (Fsp3) is 0.333. The first-order chi connectivity index (χ1) is 9.87. The number of thioether (sulfide) groups is 1. The lowest BCUT2D eigenvalue weighted by molar-refractivity contribution is 0.245. The minimum Gasteiger partial charge on any atom is -0.315 e. The first kappa shape index (κ1) is 12.5. The molecule has 1 unspecified atom stereocenters. The molecule has 2 aliphatic heterocycles. The zero-order valence-electron chi connectivity index (χ0n) is 11.5. The Morgan fingerprint density at radius 3 is 2.50 bits per heavy atom. The highest BCUT2D eigenvalue weighted by molar-refractivity contribution is 7.99. The number of hydrogen-bond donors (Lipinski definition) is 1. The predicted molar refractivity (Wildman–Crippen MR) is 85.5 cm³/mol. The highest BCUT2D eigenvalue weighted by Crippen LogP contribution is 2.46. The second kappa shape index (κ2) is 4.94. The van der Waals surface area contributed by atoms with Gasteiger partial charge in [0.15, 0.2) is 0 Å². The summed E-state index contributed by atoms with van der Waals surface area (Å²) in [5.41, 5.74) is 3.43. The van der Waals surface area contributed by atoms with E-state index in [9.17, 15) is 0 Å². The molecule has 0 aliphatic carbocycles. The minimum absolute atomic E-state index is 0.351. The Balaban J connectivity index is 1.62. The highest BCUT2D eigenvalue weighted by atomic mass is 32.2. The summed E-state index contributed by atoms with van der Waals surface area (Å²) in [6.45, 7) is 2.25. The van der Waals surface area contributed by atoms with Gasteiger partial charge in [0, 0.05) is 29.2 Å². The van der Waals surface area contributed by atoms with Crippen LogP contribution < -0.4 is 5.32 Å². The van der Waals surface area contributed by atoms with Crippen LogP contribution in [0.3, 0.4) is 0 Å². The summed E-state index contributed by atoms with van der Waals surface area (Å²) in [7, 11) is 0. The molecule has 0 saturated carbocycles. The fourth-order valence-corrected chi connectivity index (χ4v) is 4.81. The van der Waals surface area contributed by atoms with Crippen LogP contribution in [-0.4, -0.2) is 18.8 Å². The summed E-state index contributed by atoms with van der Waals surface area (Å²) < 4.78 is 0. The Morgan fingerprint density at radius 2 is 1.75 bits per heavy atom. The number of benzene rings is 2. The van der Waals surface area contributed by atoms with Crippen molar-refractivity contribution >= 4 is 11.8 Å². The van der Waals surface area contributed by atoms with E-state index in [0.717, 1.165) is 13.1 Å². The fourth-order valence-electron chi connectivity index (χ4n) is 3.55. The molecule has 0 radical (unpaired) electrons. The summed E-state index contributed by atoms with van der Waals surface area (Å²) in [5, 5.41) is 3.49. The minimum atomic E-state index is 0.351.